The minimum Gasteiger partial charge on any atom is -0.497 e. The predicted octanol–water partition coefficient (Wildman–Crippen LogP) is 4.26. The van der Waals surface area contributed by atoms with Crippen LogP contribution in [0.2, 0.25) is 0 Å². The van der Waals surface area contributed by atoms with E-state index in [9.17, 15) is 4.79 Å². The van der Waals surface area contributed by atoms with E-state index in [0.717, 1.165) is 67.4 Å². The molecule has 0 aliphatic carbocycles. The van der Waals surface area contributed by atoms with Gasteiger partial charge < -0.3 is 23.5 Å². The third-order valence-corrected chi connectivity index (χ3v) is 6.99. The second-order valence-corrected chi connectivity index (χ2v) is 8.85. The van der Waals surface area contributed by atoms with Crippen molar-refractivity contribution in [2.24, 2.45) is 7.05 Å². The van der Waals surface area contributed by atoms with E-state index >= 15 is 0 Å². The highest BCUT2D eigenvalue weighted by molar-refractivity contribution is 5.97. The fourth-order valence-electron chi connectivity index (χ4n) is 4.88. The molecule has 8 heteroatoms. The topological polar surface area (TPSA) is 82.6 Å². The summed E-state index contributed by atoms with van der Waals surface area (Å²) >= 11 is 0. The molecule has 2 saturated heterocycles. The SMILES string of the molecule is COc1ccc(-c2cc(C(=O)N3CCCC3c3nc(C4CCOCC4)no3)c(C)n2C)cc1. The van der Waals surface area contributed by atoms with Crippen LogP contribution in [-0.2, 0) is 11.8 Å². The van der Waals surface area contributed by atoms with Gasteiger partial charge in [-0.25, -0.2) is 0 Å². The molecular weight excluding hydrogens is 420 g/mol. The zero-order chi connectivity index (χ0) is 22.9. The fraction of sp³-hybridized carbons (Fsp3) is 0.480. The number of carbonyl (C=O) groups excluding carboxylic acids is 1. The molecule has 33 heavy (non-hydrogen) atoms. The molecule has 1 amide bonds. The van der Waals surface area contributed by atoms with Gasteiger partial charge in [-0.1, -0.05) is 5.16 Å². The Hall–Kier alpha value is -3.13. The second kappa shape index (κ2) is 9.02. The van der Waals surface area contributed by atoms with E-state index in [0.29, 0.717) is 18.0 Å². The number of aromatic nitrogens is 3. The molecule has 2 aliphatic heterocycles. The number of hydrogen-bond donors (Lipinski definition) is 0. The second-order valence-electron chi connectivity index (χ2n) is 8.85. The van der Waals surface area contributed by atoms with E-state index in [1.54, 1.807) is 7.11 Å². The maximum absolute atomic E-state index is 13.6. The van der Waals surface area contributed by atoms with Crippen LogP contribution in [0.3, 0.4) is 0 Å². The molecule has 0 N–H and O–H groups in total. The summed E-state index contributed by atoms with van der Waals surface area (Å²) in [5, 5.41) is 4.25. The summed E-state index contributed by atoms with van der Waals surface area (Å²) in [7, 11) is 3.64. The molecule has 174 valence electrons. The average Bonchev–Trinajstić information content (AvgIpc) is 3.59. The van der Waals surface area contributed by atoms with Gasteiger partial charge in [0.1, 0.15) is 11.8 Å². The quantitative estimate of drug-likeness (QED) is 0.578. The van der Waals surface area contributed by atoms with Crippen molar-refractivity contribution in [1.29, 1.82) is 0 Å². The lowest BCUT2D eigenvalue weighted by Gasteiger charge is -2.22. The number of hydrogen-bond acceptors (Lipinski definition) is 6. The number of likely N-dealkylation sites (tertiary alicyclic amines) is 1. The molecule has 0 saturated carbocycles. The maximum atomic E-state index is 13.6. The lowest BCUT2D eigenvalue weighted by molar-refractivity contribution is 0.0709. The molecule has 1 unspecified atom stereocenters. The van der Waals surface area contributed by atoms with Crippen molar-refractivity contribution < 1.29 is 18.8 Å². The third-order valence-electron chi connectivity index (χ3n) is 6.99. The highest BCUT2D eigenvalue weighted by atomic mass is 16.5. The minimum atomic E-state index is -0.178. The van der Waals surface area contributed by atoms with Gasteiger partial charge in [-0.15, -0.1) is 0 Å². The Kier molecular flexibility index (Phi) is 5.93. The van der Waals surface area contributed by atoms with E-state index in [2.05, 4.69) is 9.72 Å². The van der Waals surface area contributed by atoms with E-state index in [1.165, 1.54) is 0 Å². The van der Waals surface area contributed by atoms with Crippen LogP contribution in [0.15, 0.2) is 34.9 Å². The first-order chi connectivity index (χ1) is 16.1. The largest absolute Gasteiger partial charge is 0.497 e. The molecule has 2 aromatic heterocycles. The smallest absolute Gasteiger partial charge is 0.256 e. The first-order valence-corrected chi connectivity index (χ1v) is 11.6. The normalized spacial score (nSPS) is 19.2. The molecule has 2 aliphatic rings. The van der Waals surface area contributed by atoms with Crippen LogP contribution in [0.4, 0.5) is 0 Å². The summed E-state index contributed by atoms with van der Waals surface area (Å²) in [6.07, 6.45) is 3.56. The molecule has 0 radical (unpaired) electrons. The van der Waals surface area contributed by atoms with E-state index in [4.69, 9.17) is 19.0 Å². The van der Waals surface area contributed by atoms with Gasteiger partial charge in [0.15, 0.2) is 5.82 Å². The number of nitrogens with zero attached hydrogens (tertiary/aromatic N) is 4. The van der Waals surface area contributed by atoms with E-state index in [1.807, 2.05) is 49.2 Å². The van der Waals surface area contributed by atoms with Gasteiger partial charge in [-0.05, 0) is 68.5 Å². The zero-order valence-corrected chi connectivity index (χ0v) is 19.4. The van der Waals surface area contributed by atoms with Gasteiger partial charge in [0.2, 0.25) is 5.89 Å². The summed E-state index contributed by atoms with van der Waals surface area (Å²) in [6.45, 7) is 4.13. The Morgan fingerprint density at radius 2 is 1.91 bits per heavy atom. The van der Waals surface area contributed by atoms with Crippen molar-refractivity contribution in [3.8, 4) is 17.0 Å². The number of methoxy groups -OCH3 is 1. The van der Waals surface area contributed by atoms with Crippen LogP contribution in [0.25, 0.3) is 11.3 Å². The van der Waals surface area contributed by atoms with Gasteiger partial charge in [0.25, 0.3) is 5.91 Å². The van der Waals surface area contributed by atoms with Crippen LogP contribution in [-0.4, -0.2) is 52.4 Å². The number of carbonyl (C=O) groups is 1. The van der Waals surface area contributed by atoms with Crippen molar-refractivity contribution in [3.05, 3.63) is 53.3 Å². The molecular formula is C25H30N4O4. The van der Waals surface area contributed by atoms with Crippen LogP contribution < -0.4 is 4.74 Å². The molecule has 1 aromatic carbocycles. The lowest BCUT2D eigenvalue weighted by atomic mass is 10.00. The van der Waals surface area contributed by atoms with Gasteiger partial charge >= 0.3 is 0 Å². The van der Waals surface area contributed by atoms with Crippen molar-refractivity contribution in [1.82, 2.24) is 19.6 Å². The maximum Gasteiger partial charge on any atom is 0.256 e. The Balaban J connectivity index is 1.39. The zero-order valence-electron chi connectivity index (χ0n) is 19.4. The summed E-state index contributed by atoms with van der Waals surface area (Å²) in [5.74, 6) is 2.37. The van der Waals surface area contributed by atoms with Crippen molar-refractivity contribution in [3.63, 3.8) is 0 Å². The number of benzene rings is 1. The molecule has 5 rings (SSSR count). The van der Waals surface area contributed by atoms with Gasteiger partial charge in [0.05, 0.1) is 12.7 Å². The van der Waals surface area contributed by atoms with Crippen LogP contribution in [0, 0.1) is 6.92 Å². The molecule has 8 nitrogen and oxygen atoms in total. The Bertz CT molecular complexity index is 1130. The van der Waals surface area contributed by atoms with Gasteiger partial charge in [-0.3, -0.25) is 4.79 Å². The van der Waals surface area contributed by atoms with Gasteiger partial charge in [0, 0.05) is 44.1 Å². The molecule has 3 aromatic rings. The monoisotopic (exact) mass is 450 g/mol. The Morgan fingerprint density at radius 3 is 2.64 bits per heavy atom. The highest BCUT2D eigenvalue weighted by Crippen LogP contribution is 2.35. The van der Waals surface area contributed by atoms with Gasteiger partial charge in [-0.2, -0.15) is 4.98 Å². The molecule has 0 bridgehead atoms. The van der Waals surface area contributed by atoms with Crippen LogP contribution >= 0.6 is 0 Å². The van der Waals surface area contributed by atoms with Crippen LogP contribution in [0.5, 0.6) is 5.75 Å². The Labute approximate surface area is 193 Å². The predicted molar refractivity (Wildman–Crippen MR) is 122 cm³/mol. The highest BCUT2D eigenvalue weighted by Gasteiger charge is 2.36. The molecule has 4 heterocycles. The molecule has 0 spiro atoms. The lowest BCUT2D eigenvalue weighted by Crippen LogP contribution is -2.31. The molecule has 1 atom stereocenters. The first kappa shape index (κ1) is 21.7. The summed E-state index contributed by atoms with van der Waals surface area (Å²) in [6, 6.07) is 9.69. The number of amides is 1. The van der Waals surface area contributed by atoms with E-state index in [-0.39, 0.29) is 17.9 Å². The number of ether oxygens (including phenoxy) is 2. The summed E-state index contributed by atoms with van der Waals surface area (Å²) in [5.41, 5.74) is 3.68. The summed E-state index contributed by atoms with van der Waals surface area (Å²) in [4.78, 5) is 20.2. The minimum absolute atomic E-state index is 0.0104. The standard InChI is InChI=1S/C25H30N4O4/c1-16-20(15-22(28(16)2)17-6-8-19(31-3)9-7-17)25(30)29-12-4-5-21(29)24-26-23(27-33-24)18-10-13-32-14-11-18/h6-9,15,18,21H,4-5,10-14H2,1-3H3. The van der Waals surface area contributed by atoms with E-state index < -0.39 is 0 Å². The Morgan fingerprint density at radius 1 is 1.15 bits per heavy atom. The number of rotatable bonds is 5. The molecule has 2 fully saturated rings. The fourth-order valence-corrected chi connectivity index (χ4v) is 4.88. The van der Waals surface area contributed by atoms with Crippen molar-refractivity contribution in [2.75, 3.05) is 26.9 Å². The average molecular weight is 451 g/mol. The van der Waals surface area contributed by atoms with Crippen LogP contribution in [0.1, 0.15) is 65.4 Å². The third kappa shape index (κ3) is 4.04. The van der Waals surface area contributed by atoms with Crippen molar-refractivity contribution >= 4 is 5.91 Å². The summed E-state index contributed by atoms with van der Waals surface area (Å²) < 4.78 is 18.4. The van der Waals surface area contributed by atoms with Crippen molar-refractivity contribution in [2.45, 2.75) is 44.6 Å². The first-order valence-electron chi connectivity index (χ1n) is 11.6.